The van der Waals surface area contributed by atoms with Crippen LogP contribution >= 0.6 is 0 Å². The molecule has 1 amide bonds. The van der Waals surface area contributed by atoms with Crippen molar-refractivity contribution in [3.8, 4) is 22.6 Å². The summed E-state index contributed by atoms with van der Waals surface area (Å²) >= 11 is 0. The number of furan rings is 1. The van der Waals surface area contributed by atoms with E-state index in [-0.39, 0.29) is 5.91 Å². The quantitative estimate of drug-likeness (QED) is 0.618. The first-order valence-corrected chi connectivity index (χ1v) is 9.96. The van der Waals surface area contributed by atoms with Crippen molar-refractivity contribution >= 4 is 5.91 Å². The molecule has 0 radical (unpaired) electrons. The lowest BCUT2D eigenvalue weighted by atomic mass is 10.00. The fourth-order valence-electron chi connectivity index (χ4n) is 3.83. The fourth-order valence-corrected chi connectivity index (χ4v) is 3.83. The molecule has 5 nitrogen and oxygen atoms in total. The lowest BCUT2D eigenvalue weighted by Crippen LogP contribution is -2.30. The van der Waals surface area contributed by atoms with Crippen molar-refractivity contribution in [1.82, 2.24) is 4.90 Å². The Hall–Kier alpha value is -3.21. The summed E-state index contributed by atoms with van der Waals surface area (Å²) in [4.78, 5) is 15.3. The van der Waals surface area contributed by atoms with Gasteiger partial charge in [-0.05, 0) is 37.1 Å². The number of aryl methyl sites for hydroxylation is 1. The minimum Gasteiger partial charge on any atom is -0.492 e. The van der Waals surface area contributed by atoms with Crippen molar-refractivity contribution in [2.24, 2.45) is 0 Å². The van der Waals surface area contributed by atoms with Gasteiger partial charge in [0.2, 0.25) is 0 Å². The molecule has 29 heavy (non-hydrogen) atoms. The minimum atomic E-state index is -0.0140. The summed E-state index contributed by atoms with van der Waals surface area (Å²) in [6.45, 7) is 3.66. The standard InChI is InChI=1S/C24H25NO4/c1-3-28-22-15-19(14-20(23(22)27-2)17-8-5-4-6-9-17)24(26)25-12-7-10-21-18(16-25)11-13-29-21/h4-6,8-9,11,13-15H,3,7,10,12,16H2,1-2H3. The van der Waals surface area contributed by atoms with Crippen LogP contribution in [-0.4, -0.2) is 31.1 Å². The minimum absolute atomic E-state index is 0.0140. The average molecular weight is 391 g/mol. The van der Waals surface area contributed by atoms with Crippen LogP contribution in [-0.2, 0) is 13.0 Å². The van der Waals surface area contributed by atoms with Crippen LogP contribution in [0.5, 0.6) is 11.5 Å². The number of rotatable bonds is 5. The van der Waals surface area contributed by atoms with E-state index in [0.717, 1.165) is 35.3 Å². The van der Waals surface area contributed by atoms with Crippen LogP contribution in [0.3, 0.4) is 0 Å². The number of hydrogen-bond donors (Lipinski definition) is 0. The van der Waals surface area contributed by atoms with Crippen LogP contribution in [0.15, 0.2) is 59.2 Å². The largest absolute Gasteiger partial charge is 0.492 e. The third kappa shape index (κ3) is 3.86. The highest BCUT2D eigenvalue weighted by Gasteiger charge is 2.24. The Morgan fingerprint density at radius 2 is 2.00 bits per heavy atom. The number of benzene rings is 2. The molecule has 5 heteroatoms. The van der Waals surface area contributed by atoms with Crippen molar-refractivity contribution in [2.45, 2.75) is 26.3 Å². The summed E-state index contributed by atoms with van der Waals surface area (Å²) in [6.07, 6.45) is 3.44. The predicted molar refractivity (Wildman–Crippen MR) is 111 cm³/mol. The molecule has 0 aliphatic carbocycles. The zero-order chi connectivity index (χ0) is 20.2. The molecule has 1 aromatic heterocycles. The summed E-state index contributed by atoms with van der Waals surface area (Å²) in [5, 5.41) is 0. The van der Waals surface area contributed by atoms with Gasteiger partial charge in [0.25, 0.3) is 5.91 Å². The van der Waals surface area contributed by atoms with Crippen LogP contribution in [0, 0.1) is 0 Å². The Morgan fingerprint density at radius 3 is 2.76 bits per heavy atom. The third-order valence-corrected chi connectivity index (χ3v) is 5.21. The number of carbonyl (C=O) groups is 1. The lowest BCUT2D eigenvalue weighted by Gasteiger charge is -2.22. The summed E-state index contributed by atoms with van der Waals surface area (Å²) in [5.74, 6) is 2.19. The fraction of sp³-hybridized carbons (Fsp3) is 0.292. The number of fused-ring (bicyclic) bond motifs is 1. The van der Waals surface area contributed by atoms with Gasteiger partial charge < -0.3 is 18.8 Å². The first-order chi connectivity index (χ1) is 14.2. The second-order valence-electron chi connectivity index (χ2n) is 7.05. The van der Waals surface area contributed by atoms with Crippen LogP contribution in [0.4, 0.5) is 0 Å². The monoisotopic (exact) mass is 391 g/mol. The third-order valence-electron chi connectivity index (χ3n) is 5.21. The summed E-state index contributed by atoms with van der Waals surface area (Å²) in [7, 11) is 1.63. The maximum absolute atomic E-state index is 13.4. The first-order valence-electron chi connectivity index (χ1n) is 9.96. The molecule has 0 unspecified atom stereocenters. The number of nitrogens with zero attached hydrogens (tertiary/aromatic N) is 1. The Labute approximate surface area is 170 Å². The molecule has 150 valence electrons. The molecule has 2 aromatic carbocycles. The molecular weight excluding hydrogens is 366 g/mol. The van der Waals surface area contributed by atoms with E-state index in [2.05, 4.69) is 0 Å². The normalized spacial score (nSPS) is 13.5. The van der Waals surface area contributed by atoms with Gasteiger partial charge in [-0.2, -0.15) is 0 Å². The molecule has 0 spiro atoms. The van der Waals surface area contributed by atoms with Crippen molar-refractivity contribution in [1.29, 1.82) is 0 Å². The molecule has 4 rings (SSSR count). The average Bonchev–Trinajstić information content (AvgIpc) is 3.10. The Kier molecular flexibility index (Phi) is 5.56. The molecule has 0 saturated carbocycles. The van der Waals surface area contributed by atoms with E-state index in [0.29, 0.717) is 36.8 Å². The smallest absolute Gasteiger partial charge is 0.254 e. The van der Waals surface area contributed by atoms with E-state index in [4.69, 9.17) is 13.9 Å². The number of carbonyl (C=O) groups excluding carboxylic acids is 1. The lowest BCUT2D eigenvalue weighted by molar-refractivity contribution is 0.0745. The van der Waals surface area contributed by atoms with Crippen LogP contribution < -0.4 is 9.47 Å². The van der Waals surface area contributed by atoms with Gasteiger partial charge in [-0.3, -0.25) is 4.79 Å². The molecule has 2 heterocycles. The maximum Gasteiger partial charge on any atom is 0.254 e. The van der Waals surface area contributed by atoms with Gasteiger partial charge in [0, 0.05) is 36.2 Å². The maximum atomic E-state index is 13.4. The molecule has 0 atom stereocenters. The van der Waals surface area contributed by atoms with Gasteiger partial charge in [-0.25, -0.2) is 0 Å². The summed E-state index contributed by atoms with van der Waals surface area (Å²) in [6, 6.07) is 15.6. The Bertz CT molecular complexity index is 993. The van der Waals surface area contributed by atoms with Gasteiger partial charge in [0.05, 0.1) is 20.0 Å². The molecule has 1 aliphatic rings. The zero-order valence-electron chi connectivity index (χ0n) is 16.8. The van der Waals surface area contributed by atoms with Gasteiger partial charge in [0.15, 0.2) is 11.5 Å². The van der Waals surface area contributed by atoms with Crippen LogP contribution in [0.2, 0.25) is 0 Å². The Morgan fingerprint density at radius 1 is 1.17 bits per heavy atom. The second-order valence-corrected chi connectivity index (χ2v) is 7.05. The predicted octanol–water partition coefficient (Wildman–Crippen LogP) is 4.94. The second kappa shape index (κ2) is 8.43. The molecule has 3 aromatic rings. The van der Waals surface area contributed by atoms with E-state index in [1.165, 1.54) is 0 Å². The van der Waals surface area contributed by atoms with E-state index in [9.17, 15) is 4.79 Å². The molecule has 1 aliphatic heterocycles. The number of hydrogen-bond acceptors (Lipinski definition) is 4. The van der Waals surface area contributed by atoms with Gasteiger partial charge >= 0.3 is 0 Å². The molecule has 0 N–H and O–H groups in total. The van der Waals surface area contributed by atoms with Gasteiger partial charge in [-0.15, -0.1) is 0 Å². The van der Waals surface area contributed by atoms with Crippen molar-refractivity contribution in [3.63, 3.8) is 0 Å². The van der Waals surface area contributed by atoms with Gasteiger partial charge in [-0.1, -0.05) is 30.3 Å². The van der Waals surface area contributed by atoms with Crippen molar-refractivity contribution in [3.05, 3.63) is 71.7 Å². The summed E-state index contributed by atoms with van der Waals surface area (Å²) in [5.41, 5.74) is 3.51. The number of amides is 1. The number of methoxy groups -OCH3 is 1. The highest BCUT2D eigenvalue weighted by atomic mass is 16.5. The van der Waals surface area contributed by atoms with Gasteiger partial charge in [0.1, 0.15) is 5.76 Å². The summed E-state index contributed by atoms with van der Waals surface area (Å²) < 4.78 is 17.0. The highest BCUT2D eigenvalue weighted by Crippen LogP contribution is 2.40. The van der Waals surface area contributed by atoms with Crippen molar-refractivity contribution < 1.29 is 18.7 Å². The van der Waals surface area contributed by atoms with E-state index in [1.54, 1.807) is 19.4 Å². The topological polar surface area (TPSA) is 51.9 Å². The molecular formula is C24H25NO4. The highest BCUT2D eigenvalue weighted by molar-refractivity contribution is 5.97. The Balaban J connectivity index is 1.75. The van der Waals surface area contributed by atoms with Crippen LogP contribution in [0.25, 0.3) is 11.1 Å². The van der Waals surface area contributed by atoms with Crippen molar-refractivity contribution in [2.75, 3.05) is 20.3 Å². The van der Waals surface area contributed by atoms with E-state index < -0.39 is 0 Å². The molecule has 0 bridgehead atoms. The van der Waals surface area contributed by atoms with Crippen LogP contribution in [0.1, 0.15) is 35.0 Å². The number of ether oxygens (including phenoxy) is 2. The van der Waals surface area contributed by atoms with E-state index >= 15 is 0 Å². The first kappa shape index (κ1) is 19.1. The molecule has 0 fully saturated rings. The molecule has 0 saturated heterocycles. The SMILES string of the molecule is CCOc1cc(C(=O)N2CCCc3occc3C2)cc(-c2ccccc2)c1OC. The zero-order valence-corrected chi connectivity index (χ0v) is 16.8. The van der Waals surface area contributed by atoms with E-state index in [1.807, 2.05) is 54.3 Å².